The molecule has 1 atom stereocenters. The SMILES string of the molecule is COC1=CC(OC)CC=C1CN. The van der Waals surface area contributed by atoms with E-state index >= 15 is 0 Å². The standard InChI is InChI=1S/C9H15NO2/c1-11-8-4-3-7(6-10)9(5-8)12-2/h3,5,8H,4,6,10H2,1-2H3. The Hall–Kier alpha value is -0.800. The third kappa shape index (κ3) is 1.87. The molecule has 12 heavy (non-hydrogen) atoms. The summed E-state index contributed by atoms with van der Waals surface area (Å²) in [5, 5.41) is 0. The van der Waals surface area contributed by atoms with Crippen molar-refractivity contribution in [3.05, 3.63) is 23.5 Å². The minimum Gasteiger partial charge on any atom is -0.497 e. The van der Waals surface area contributed by atoms with Crippen molar-refractivity contribution in [1.29, 1.82) is 0 Å². The maximum atomic E-state index is 5.53. The minimum absolute atomic E-state index is 0.134. The third-order valence-electron chi connectivity index (χ3n) is 1.99. The molecule has 0 amide bonds. The summed E-state index contributed by atoms with van der Waals surface area (Å²) in [7, 11) is 3.34. The summed E-state index contributed by atoms with van der Waals surface area (Å²) in [6.07, 6.45) is 5.04. The Morgan fingerprint density at radius 3 is 2.83 bits per heavy atom. The Morgan fingerprint density at radius 1 is 1.58 bits per heavy atom. The Balaban J connectivity index is 2.71. The van der Waals surface area contributed by atoms with Gasteiger partial charge in [0.25, 0.3) is 0 Å². The average molecular weight is 169 g/mol. The Morgan fingerprint density at radius 2 is 2.33 bits per heavy atom. The van der Waals surface area contributed by atoms with Crippen LogP contribution in [0.25, 0.3) is 0 Å². The molecule has 0 radical (unpaired) electrons. The van der Waals surface area contributed by atoms with Gasteiger partial charge in [0.05, 0.1) is 13.2 Å². The molecular weight excluding hydrogens is 154 g/mol. The van der Waals surface area contributed by atoms with Crippen LogP contribution in [0.5, 0.6) is 0 Å². The molecule has 1 aliphatic carbocycles. The Bertz CT molecular complexity index is 209. The zero-order chi connectivity index (χ0) is 8.97. The van der Waals surface area contributed by atoms with Gasteiger partial charge in [0, 0.05) is 19.2 Å². The van der Waals surface area contributed by atoms with E-state index in [4.69, 9.17) is 15.2 Å². The van der Waals surface area contributed by atoms with Gasteiger partial charge in [-0.1, -0.05) is 6.08 Å². The monoisotopic (exact) mass is 169 g/mol. The van der Waals surface area contributed by atoms with Crippen LogP contribution in [-0.4, -0.2) is 26.9 Å². The number of methoxy groups -OCH3 is 2. The van der Waals surface area contributed by atoms with Gasteiger partial charge in [-0.25, -0.2) is 0 Å². The van der Waals surface area contributed by atoms with Crippen molar-refractivity contribution in [2.45, 2.75) is 12.5 Å². The zero-order valence-corrected chi connectivity index (χ0v) is 7.54. The van der Waals surface area contributed by atoms with Crippen molar-refractivity contribution in [3.63, 3.8) is 0 Å². The smallest absolute Gasteiger partial charge is 0.121 e. The van der Waals surface area contributed by atoms with Crippen molar-refractivity contribution in [2.75, 3.05) is 20.8 Å². The lowest BCUT2D eigenvalue weighted by Crippen LogP contribution is -2.16. The number of hydrogen-bond acceptors (Lipinski definition) is 3. The van der Waals surface area contributed by atoms with Crippen molar-refractivity contribution < 1.29 is 9.47 Å². The van der Waals surface area contributed by atoms with Gasteiger partial charge in [0.1, 0.15) is 5.76 Å². The summed E-state index contributed by atoms with van der Waals surface area (Å²) in [5.74, 6) is 0.843. The van der Waals surface area contributed by atoms with Crippen LogP contribution in [0.3, 0.4) is 0 Å². The normalized spacial score (nSPS) is 23.1. The summed E-state index contributed by atoms with van der Waals surface area (Å²) >= 11 is 0. The molecule has 68 valence electrons. The Labute approximate surface area is 72.8 Å². The molecule has 0 heterocycles. The van der Waals surface area contributed by atoms with Crippen molar-refractivity contribution in [1.82, 2.24) is 0 Å². The highest BCUT2D eigenvalue weighted by Gasteiger charge is 2.14. The molecule has 1 rings (SSSR count). The van der Waals surface area contributed by atoms with Crippen LogP contribution in [0.2, 0.25) is 0 Å². The van der Waals surface area contributed by atoms with Crippen molar-refractivity contribution in [2.24, 2.45) is 5.73 Å². The zero-order valence-electron chi connectivity index (χ0n) is 7.54. The summed E-state index contributed by atoms with van der Waals surface area (Å²) in [6, 6.07) is 0. The van der Waals surface area contributed by atoms with Gasteiger partial charge in [-0.3, -0.25) is 0 Å². The average Bonchev–Trinajstić information content (AvgIpc) is 2.16. The lowest BCUT2D eigenvalue weighted by Gasteiger charge is -2.18. The molecule has 0 fully saturated rings. The van der Waals surface area contributed by atoms with Crippen LogP contribution in [0.1, 0.15) is 6.42 Å². The van der Waals surface area contributed by atoms with Gasteiger partial charge in [-0.2, -0.15) is 0 Å². The van der Waals surface area contributed by atoms with E-state index in [1.807, 2.05) is 6.08 Å². The van der Waals surface area contributed by atoms with E-state index in [1.165, 1.54) is 0 Å². The van der Waals surface area contributed by atoms with E-state index in [0.717, 1.165) is 17.8 Å². The number of rotatable bonds is 3. The first-order valence-corrected chi connectivity index (χ1v) is 4.00. The second kappa shape index (κ2) is 4.28. The van der Waals surface area contributed by atoms with E-state index in [2.05, 4.69) is 6.08 Å². The third-order valence-corrected chi connectivity index (χ3v) is 1.99. The topological polar surface area (TPSA) is 44.5 Å². The highest BCUT2D eigenvalue weighted by Crippen LogP contribution is 2.19. The quantitative estimate of drug-likeness (QED) is 0.680. The second-order valence-electron chi connectivity index (χ2n) is 2.68. The van der Waals surface area contributed by atoms with E-state index in [-0.39, 0.29) is 6.10 Å². The maximum Gasteiger partial charge on any atom is 0.121 e. The molecule has 1 unspecified atom stereocenters. The predicted molar refractivity (Wildman–Crippen MR) is 47.6 cm³/mol. The fraction of sp³-hybridized carbons (Fsp3) is 0.556. The summed E-state index contributed by atoms with van der Waals surface area (Å²) < 4.78 is 10.3. The number of hydrogen-bond donors (Lipinski definition) is 1. The van der Waals surface area contributed by atoms with Gasteiger partial charge in [-0.15, -0.1) is 0 Å². The number of ether oxygens (including phenoxy) is 2. The molecule has 0 aliphatic heterocycles. The molecular formula is C9H15NO2. The maximum absolute atomic E-state index is 5.53. The van der Waals surface area contributed by atoms with Crippen molar-refractivity contribution in [3.8, 4) is 0 Å². The number of nitrogens with two attached hydrogens (primary N) is 1. The van der Waals surface area contributed by atoms with Crippen molar-refractivity contribution >= 4 is 0 Å². The lowest BCUT2D eigenvalue weighted by molar-refractivity contribution is 0.135. The van der Waals surface area contributed by atoms with E-state index in [1.54, 1.807) is 14.2 Å². The van der Waals surface area contributed by atoms with Gasteiger partial charge < -0.3 is 15.2 Å². The van der Waals surface area contributed by atoms with Gasteiger partial charge >= 0.3 is 0 Å². The van der Waals surface area contributed by atoms with Crippen LogP contribution >= 0.6 is 0 Å². The van der Waals surface area contributed by atoms with E-state index in [0.29, 0.717) is 6.54 Å². The molecule has 1 aliphatic rings. The molecule has 0 aromatic heterocycles. The first-order chi connectivity index (χ1) is 5.81. The first-order valence-electron chi connectivity index (χ1n) is 4.00. The van der Waals surface area contributed by atoms with Crippen LogP contribution in [0.15, 0.2) is 23.5 Å². The van der Waals surface area contributed by atoms with Crippen LogP contribution in [0.4, 0.5) is 0 Å². The molecule has 0 bridgehead atoms. The molecule has 3 heteroatoms. The molecule has 0 aromatic rings. The fourth-order valence-electron chi connectivity index (χ4n) is 1.25. The van der Waals surface area contributed by atoms with Crippen LogP contribution in [0, 0.1) is 0 Å². The van der Waals surface area contributed by atoms with Gasteiger partial charge in [-0.05, 0) is 12.5 Å². The van der Waals surface area contributed by atoms with Gasteiger partial charge in [0.15, 0.2) is 0 Å². The molecule has 3 nitrogen and oxygen atoms in total. The summed E-state index contributed by atoms with van der Waals surface area (Å²) in [5.41, 5.74) is 6.59. The van der Waals surface area contributed by atoms with Gasteiger partial charge in [0.2, 0.25) is 0 Å². The Kier molecular flexibility index (Phi) is 3.31. The largest absolute Gasteiger partial charge is 0.497 e. The minimum atomic E-state index is 0.134. The lowest BCUT2D eigenvalue weighted by atomic mass is 10.0. The van der Waals surface area contributed by atoms with Crippen LogP contribution < -0.4 is 5.73 Å². The first kappa shape index (κ1) is 9.29. The fourth-order valence-corrected chi connectivity index (χ4v) is 1.25. The second-order valence-corrected chi connectivity index (χ2v) is 2.68. The molecule has 0 spiro atoms. The summed E-state index contributed by atoms with van der Waals surface area (Å²) in [4.78, 5) is 0. The predicted octanol–water partition coefficient (Wildman–Crippen LogP) is 0.821. The van der Waals surface area contributed by atoms with E-state index < -0.39 is 0 Å². The molecule has 2 N–H and O–H groups in total. The highest BCUT2D eigenvalue weighted by molar-refractivity contribution is 5.31. The highest BCUT2D eigenvalue weighted by atomic mass is 16.5. The molecule has 0 aromatic carbocycles. The molecule has 0 saturated carbocycles. The van der Waals surface area contributed by atoms with E-state index in [9.17, 15) is 0 Å². The van der Waals surface area contributed by atoms with Crippen LogP contribution in [-0.2, 0) is 9.47 Å². The summed E-state index contributed by atoms with van der Waals surface area (Å²) in [6.45, 7) is 0.524. The molecule has 0 saturated heterocycles.